The van der Waals surface area contributed by atoms with E-state index >= 15 is 0 Å². The lowest BCUT2D eigenvalue weighted by atomic mass is 10.3. The third kappa shape index (κ3) is 3.18. The quantitative estimate of drug-likeness (QED) is 0.626. The molecule has 2 aromatic heterocycles. The minimum Gasteiger partial charge on any atom is -0.360 e. The van der Waals surface area contributed by atoms with Crippen molar-refractivity contribution < 1.29 is 4.92 Å². The minimum absolute atomic E-state index is 0.0640. The van der Waals surface area contributed by atoms with E-state index in [1.165, 1.54) is 0 Å². The number of halogens is 1. The Morgan fingerprint density at radius 1 is 1.55 bits per heavy atom. The molecular weight excluding hydrogens is 344 g/mol. The fourth-order valence-corrected chi connectivity index (χ4v) is 3.38. The first-order chi connectivity index (χ1) is 9.52. The standard InChI is InChI=1S/C12H15BrN4O2S/c1-3-6-16-12(11(17(18)19)8(2)15-16)14-7-9-4-5-10(13)20-9/h4-5,14H,3,6-7H2,1-2H3. The number of aromatic nitrogens is 2. The summed E-state index contributed by atoms with van der Waals surface area (Å²) >= 11 is 5.01. The van der Waals surface area contributed by atoms with Gasteiger partial charge in [-0.2, -0.15) is 5.10 Å². The Labute approximate surface area is 129 Å². The van der Waals surface area contributed by atoms with Gasteiger partial charge in [-0.1, -0.05) is 6.92 Å². The number of aryl methyl sites for hydroxylation is 2. The van der Waals surface area contributed by atoms with Crippen molar-refractivity contribution in [3.8, 4) is 0 Å². The van der Waals surface area contributed by atoms with Gasteiger partial charge >= 0.3 is 5.69 Å². The summed E-state index contributed by atoms with van der Waals surface area (Å²) in [7, 11) is 0. The van der Waals surface area contributed by atoms with Gasteiger partial charge in [0.2, 0.25) is 5.82 Å². The Morgan fingerprint density at radius 3 is 2.85 bits per heavy atom. The Kier molecular flexibility index (Phi) is 4.77. The summed E-state index contributed by atoms with van der Waals surface area (Å²) in [4.78, 5) is 11.9. The van der Waals surface area contributed by atoms with Crippen LogP contribution in [0, 0.1) is 17.0 Å². The van der Waals surface area contributed by atoms with E-state index in [1.807, 2.05) is 19.1 Å². The predicted octanol–water partition coefficient (Wildman–Crippen LogP) is 3.95. The van der Waals surface area contributed by atoms with Gasteiger partial charge in [-0.3, -0.25) is 10.1 Å². The number of rotatable bonds is 6. The second kappa shape index (κ2) is 6.36. The number of nitro groups is 1. The molecule has 0 amide bonds. The average molecular weight is 359 g/mol. The number of nitrogens with one attached hydrogen (secondary N) is 1. The van der Waals surface area contributed by atoms with Crippen molar-refractivity contribution in [3.63, 3.8) is 0 Å². The lowest BCUT2D eigenvalue weighted by Crippen LogP contribution is -2.08. The van der Waals surface area contributed by atoms with Crippen LogP contribution in [-0.4, -0.2) is 14.7 Å². The summed E-state index contributed by atoms with van der Waals surface area (Å²) in [6.45, 7) is 4.89. The van der Waals surface area contributed by atoms with E-state index in [-0.39, 0.29) is 10.6 Å². The van der Waals surface area contributed by atoms with Gasteiger partial charge in [0, 0.05) is 11.4 Å². The summed E-state index contributed by atoms with van der Waals surface area (Å²) in [5, 5.41) is 18.6. The van der Waals surface area contributed by atoms with Crippen LogP contribution in [0.5, 0.6) is 0 Å². The molecule has 1 N–H and O–H groups in total. The molecule has 2 heterocycles. The molecule has 0 saturated carbocycles. The molecular formula is C12H15BrN4O2S. The zero-order valence-electron chi connectivity index (χ0n) is 11.2. The van der Waals surface area contributed by atoms with E-state index in [0.29, 0.717) is 24.6 Å². The molecule has 0 saturated heterocycles. The number of anilines is 1. The van der Waals surface area contributed by atoms with Crippen molar-refractivity contribution >= 4 is 38.8 Å². The maximum absolute atomic E-state index is 11.2. The molecule has 2 aromatic rings. The number of nitrogens with zero attached hydrogens (tertiary/aromatic N) is 3. The normalized spacial score (nSPS) is 10.8. The molecule has 6 nitrogen and oxygen atoms in total. The smallest absolute Gasteiger partial charge is 0.333 e. The maximum atomic E-state index is 11.2. The molecule has 0 unspecified atom stereocenters. The zero-order valence-corrected chi connectivity index (χ0v) is 13.6. The van der Waals surface area contributed by atoms with Crippen molar-refractivity contribution in [2.75, 3.05) is 5.32 Å². The Hall–Kier alpha value is -1.41. The van der Waals surface area contributed by atoms with Gasteiger partial charge in [0.05, 0.1) is 15.3 Å². The van der Waals surface area contributed by atoms with Crippen LogP contribution in [0.4, 0.5) is 11.5 Å². The lowest BCUT2D eigenvalue weighted by Gasteiger charge is -2.07. The van der Waals surface area contributed by atoms with E-state index in [9.17, 15) is 10.1 Å². The van der Waals surface area contributed by atoms with Crippen LogP contribution in [0.1, 0.15) is 23.9 Å². The van der Waals surface area contributed by atoms with Crippen LogP contribution in [0.25, 0.3) is 0 Å². The fourth-order valence-electron chi connectivity index (χ4n) is 1.96. The van der Waals surface area contributed by atoms with Crippen LogP contribution < -0.4 is 5.32 Å². The first-order valence-electron chi connectivity index (χ1n) is 6.22. The van der Waals surface area contributed by atoms with E-state index in [2.05, 4.69) is 26.3 Å². The molecule has 0 atom stereocenters. The van der Waals surface area contributed by atoms with Crippen LogP contribution in [-0.2, 0) is 13.1 Å². The first-order valence-corrected chi connectivity index (χ1v) is 7.83. The van der Waals surface area contributed by atoms with Gasteiger partial charge in [-0.15, -0.1) is 11.3 Å². The van der Waals surface area contributed by atoms with E-state index in [4.69, 9.17) is 0 Å². The maximum Gasteiger partial charge on any atom is 0.333 e. The molecule has 0 fully saturated rings. The zero-order chi connectivity index (χ0) is 14.7. The average Bonchev–Trinajstić information content (AvgIpc) is 2.91. The largest absolute Gasteiger partial charge is 0.360 e. The van der Waals surface area contributed by atoms with E-state index in [1.54, 1.807) is 22.9 Å². The molecule has 8 heteroatoms. The molecule has 0 bridgehead atoms. The highest BCUT2D eigenvalue weighted by molar-refractivity contribution is 9.11. The van der Waals surface area contributed by atoms with E-state index in [0.717, 1.165) is 15.1 Å². The van der Waals surface area contributed by atoms with Gasteiger partial charge in [0.15, 0.2) is 0 Å². The number of hydrogen-bond acceptors (Lipinski definition) is 5. The molecule has 0 spiro atoms. The number of thiophene rings is 1. The predicted molar refractivity (Wildman–Crippen MR) is 83.3 cm³/mol. The van der Waals surface area contributed by atoms with Gasteiger partial charge in [-0.25, -0.2) is 4.68 Å². The summed E-state index contributed by atoms with van der Waals surface area (Å²) in [5.74, 6) is 0.485. The van der Waals surface area contributed by atoms with Crippen molar-refractivity contribution in [2.24, 2.45) is 0 Å². The highest BCUT2D eigenvalue weighted by Gasteiger charge is 2.24. The third-order valence-electron chi connectivity index (χ3n) is 2.77. The van der Waals surface area contributed by atoms with Crippen molar-refractivity contribution in [1.82, 2.24) is 9.78 Å². The molecule has 0 radical (unpaired) electrons. The second-order valence-corrected chi connectivity index (χ2v) is 6.87. The Balaban J connectivity index is 2.25. The Morgan fingerprint density at radius 2 is 2.30 bits per heavy atom. The first kappa shape index (κ1) is 15.0. The fraction of sp³-hybridized carbons (Fsp3) is 0.417. The lowest BCUT2D eigenvalue weighted by molar-refractivity contribution is -0.384. The van der Waals surface area contributed by atoms with Gasteiger partial charge in [-0.05, 0) is 41.4 Å². The summed E-state index contributed by atoms with van der Waals surface area (Å²) in [6, 6.07) is 3.95. The summed E-state index contributed by atoms with van der Waals surface area (Å²) in [6.07, 6.45) is 0.873. The van der Waals surface area contributed by atoms with Gasteiger partial charge < -0.3 is 5.32 Å². The summed E-state index contributed by atoms with van der Waals surface area (Å²) in [5.41, 5.74) is 0.507. The van der Waals surface area contributed by atoms with Crippen LogP contribution in [0.3, 0.4) is 0 Å². The van der Waals surface area contributed by atoms with E-state index < -0.39 is 0 Å². The topological polar surface area (TPSA) is 73.0 Å². The highest BCUT2D eigenvalue weighted by Crippen LogP contribution is 2.30. The molecule has 2 rings (SSSR count). The Bertz CT molecular complexity index is 623. The molecule has 0 aromatic carbocycles. The van der Waals surface area contributed by atoms with Crippen LogP contribution in [0.15, 0.2) is 15.9 Å². The van der Waals surface area contributed by atoms with Crippen molar-refractivity contribution in [2.45, 2.75) is 33.4 Å². The molecule has 0 aliphatic heterocycles. The molecule has 108 valence electrons. The summed E-state index contributed by atoms with van der Waals surface area (Å²) < 4.78 is 2.72. The highest BCUT2D eigenvalue weighted by atomic mass is 79.9. The third-order valence-corrected chi connectivity index (χ3v) is 4.40. The SMILES string of the molecule is CCCn1nc(C)c([N+](=O)[O-])c1NCc1ccc(Br)s1. The van der Waals surface area contributed by atoms with Gasteiger partial charge in [0.1, 0.15) is 5.69 Å². The van der Waals surface area contributed by atoms with Gasteiger partial charge in [0.25, 0.3) is 0 Å². The van der Waals surface area contributed by atoms with Crippen molar-refractivity contribution in [3.05, 3.63) is 36.6 Å². The van der Waals surface area contributed by atoms with Crippen LogP contribution in [0.2, 0.25) is 0 Å². The van der Waals surface area contributed by atoms with Crippen molar-refractivity contribution in [1.29, 1.82) is 0 Å². The second-order valence-electron chi connectivity index (χ2n) is 4.32. The molecule has 20 heavy (non-hydrogen) atoms. The molecule has 0 aliphatic rings. The molecule has 0 aliphatic carbocycles. The monoisotopic (exact) mass is 358 g/mol. The van der Waals surface area contributed by atoms with Crippen LogP contribution >= 0.6 is 27.3 Å². The minimum atomic E-state index is -0.374. The number of hydrogen-bond donors (Lipinski definition) is 1.